The van der Waals surface area contributed by atoms with E-state index in [1.54, 1.807) is 6.92 Å². The van der Waals surface area contributed by atoms with E-state index in [0.717, 1.165) is 16.5 Å². The van der Waals surface area contributed by atoms with Gasteiger partial charge in [0.2, 0.25) is 11.8 Å². The van der Waals surface area contributed by atoms with E-state index >= 15 is 0 Å². The molecule has 0 bridgehead atoms. The molecule has 0 aliphatic carbocycles. The fourth-order valence-electron chi connectivity index (χ4n) is 2.98. The first-order valence-corrected chi connectivity index (χ1v) is 9.38. The molecule has 2 rings (SSSR count). The molecule has 152 valence electrons. The number of amides is 2. The number of nitrogens with two attached hydrogens (primary N) is 1. The number of carboxylic acid groups (broad SMARTS) is 1. The van der Waals surface area contributed by atoms with Crippen LogP contribution in [0.25, 0.3) is 10.9 Å². The second-order valence-electron chi connectivity index (χ2n) is 7.11. The van der Waals surface area contributed by atoms with Gasteiger partial charge in [-0.15, -0.1) is 0 Å². The van der Waals surface area contributed by atoms with Crippen molar-refractivity contribution in [3.8, 4) is 0 Å². The monoisotopic (exact) mass is 388 g/mol. The molecule has 6 N–H and O–H groups in total. The number of para-hydroxylation sites is 1. The molecule has 8 nitrogen and oxygen atoms in total. The highest BCUT2D eigenvalue weighted by Gasteiger charge is 2.28. The maximum Gasteiger partial charge on any atom is 0.326 e. The number of fused-ring (bicyclic) bond motifs is 1. The largest absolute Gasteiger partial charge is 0.480 e. The number of benzene rings is 1. The van der Waals surface area contributed by atoms with Crippen molar-refractivity contribution >= 4 is 28.7 Å². The van der Waals surface area contributed by atoms with E-state index in [-0.39, 0.29) is 5.92 Å². The number of carbonyl (C=O) groups is 3. The first-order valence-electron chi connectivity index (χ1n) is 9.38. The first kappa shape index (κ1) is 21.4. The Hall–Kier alpha value is -2.87. The van der Waals surface area contributed by atoms with Gasteiger partial charge in [-0.3, -0.25) is 9.59 Å². The number of carboxylic acids is 1. The highest BCUT2D eigenvalue weighted by molar-refractivity contribution is 5.92. The molecule has 1 aromatic heterocycles. The lowest BCUT2D eigenvalue weighted by Gasteiger charge is -2.23. The number of aromatic amines is 1. The van der Waals surface area contributed by atoms with Crippen LogP contribution in [-0.2, 0) is 20.8 Å². The van der Waals surface area contributed by atoms with Crippen LogP contribution in [-0.4, -0.2) is 46.0 Å². The molecule has 0 radical (unpaired) electrons. The summed E-state index contributed by atoms with van der Waals surface area (Å²) in [4.78, 5) is 39.2. The summed E-state index contributed by atoms with van der Waals surface area (Å²) in [7, 11) is 0. The fraction of sp³-hybridized carbons (Fsp3) is 0.450. The van der Waals surface area contributed by atoms with Crippen molar-refractivity contribution < 1.29 is 19.5 Å². The van der Waals surface area contributed by atoms with Gasteiger partial charge in [-0.05, 0) is 30.9 Å². The third kappa shape index (κ3) is 5.10. The number of hydrogen-bond donors (Lipinski definition) is 5. The molecule has 0 fully saturated rings. The lowest BCUT2D eigenvalue weighted by molar-refractivity contribution is -0.143. The van der Waals surface area contributed by atoms with Crippen LogP contribution in [0.15, 0.2) is 30.5 Å². The molecule has 1 heterocycles. The van der Waals surface area contributed by atoms with E-state index in [2.05, 4.69) is 15.6 Å². The van der Waals surface area contributed by atoms with Gasteiger partial charge in [-0.2, -0.15) is 0 Å². The van der Waals surface area contributed by atoms with Gasteiger partial charge < -0.3 is 26.5 Å². The van der Waals surface area contributed by atoms with Crippen LogP contribution in [0.1, 0.15) is 32.8 Å². The van der Waals surface area contributed by atoms with Crippen LogP contribution >= 0.6 is 0 Å². The quantitative estimate of drug-likeness (QED) is 0.439. The summed E-state index contributed by atoms with van der Waals surface area (Å²) in [5.74, 6) is -2.35. The zero-order valence-electron chi connectivity index (χ0n) is 16.4. The van der Waals surface area contributed by atoms with E-state index in [1.807, 2.05) is 37.4 Å². The van der Waals surface area contributed by atoms with Crippen LogP contribution in [0.5, 0.6) is 0 Å². The second-order valence-corrected chi connectivity index (χ2v) is 7.11. The SMILES string of the molecule is CC[C@H](C)[C@H](NC(=O)[C@H](C)NC(=O)[C@@H](N)Cc1c[nH]c2ccccc12)C(=O)O. The van der Waals surface area contributed by atoms with Crippen LogP contribution in [0, 0.1) is 5.92 Å². The van der Waals surface area contributed by atoms with E-state index in [9.17, 15) is 19.5 Å². The van der Waals surface area contributed by atoms with Crippen molar-refractivity contribution in [3.05, 3.63) is 36.0 Å². The Labute approximate surface area is 163 Å². The van der Waals surface area contributed by atoms with Crippen LogP contribution < -0.4 is 16.4 Å². The van der Waals surface area contributed by atoms with Gasteiger partial charge >= 0.3 is 5.97 Å². The van der Waals surface area contributed by atoms with Crippen molar-refractivity contribution in [1.82, 2.24) is 15.6 Å². The number of H-pyrrole nitrogens is 1. The number of nitrogens with one attached hydrogen (secondary N) is 3. The lowest BCUT2D eigenvalue weighted by atomic mass is 9.99. The zero-order valence-corrected chi connectivity index (χ0v) is 16.4. The third-order valence-corrected chi connectivity index (χ3v) is 4.98. The third-order valence-electron chi connectivity index (χ3n) is 4.98. The maximum absolute atomic E-state index is 12.4. The van der Waals surface area contributed by atoms with Crippen LogP contribution in [0.2, 0.25) is 0 Å². The maximum atomic E-state index is 12.4. The minimum atomic E-state index is -1.10. The zero-order chi connectivity index (χ0) is 20.8. The minimum Gasteiger partial charge on any atom is -0.480 e. The Morgan fingerprint density at radius 3 is 2.46 bits per heavy atom. The van der Waals surface area contributed by atoms with Gasteiger partial charge in [-0.1, -0.05) is 38.5 Å². The molecule has 2 amide bonds. The molecule has 0 aliphatic heterocycles. The Bertz CT molecular complexity index is 848. The van der Waals surface area contributed by atoms with E-state index in [4.69, 9.17) is 5.73 Å². The summed E-state index contributed by atoms with van der Waals surface area (Å²) >= 11 is 0. The molecule has 8 heteroatoms. The summed E-state index contributed by atoms with van der Waals surface area (Å²) in [6.07, 6.45) is 2.74. The molecular weight excluding hydrogens is 360 g/mol. The predicted octanol–water partition coefficient (Wildman–Crippen LogP) is 1.16. The molecule has 28 heavy (non-hydrogen) atoms. The standard InChI is InChI=1S/C20H28N4O4/c1-4-11(2)17(20(27)28)24-18(25)12(3)23-19(26)15(21)9-13-10-22-16-8-6-5-7-14(13)16/h5-8,10-12,15,17,22H,4,9,21H2,1-3H3,(H,23,26)(H,24,25)(H,27,28)/t11-,12-,15-,17-/m0/s1. The molecule has 0 spiro atoms. The predicted molar refractivity (Wildman–Crippen MR) is 107 cm³/mol. The van der Waals surface area contributed by atoms with E-state index < -0.39 is 35.9 Å². The lowest BCUT2D eigenvalue weighted by Crippen LogP contribution is -2.54. The highest BCUT2D eigenvalue weighted by atomic mass is 16.4. The Balaban J connectivity index is 1.95. The number of hydrogen-bond acceptors (Lipinski definition) is 4. The molecule has 1 aromatic carbocycles. The molecule has 0 saturated heterocycles. The molecule has 0 unspecified atom stereocenters. The molecule has 0 saturated carbocycles. The average Bonchev–Trinajstić information content (AvgIpc) is 3.07. The van der Waals surface area contributed by atoms with Crippen molar-refractivity contribution in [2.24, 2.45) is 11.7 Å². The Kier molecular flexibility index (Phi) is 7.17. The molecular formula is C20H28N4O4. The van der Waals surface area contributed by atoms with Crippen LogP contribution in [0.4, 0.5) is 0 Å². The average molecular weight is 388 g/mol. The summed E-state index contributed by atoms with van der Waals surface area (Å²) in [5, 5.41) is 15.3. The Morgan fingerprint density at radius 1 is 1.14 bits per heavy atom. The molecule has 0 aliphatic rings. The molecule has 4 atom stereocenters. The van der Waals surface area contributed by atoms with Crippen molar-refractivity contribution in [2.45, 2.75) is 51.7 Å². The van der Waals surface area contributed by atoms with Gasteiger partial charge in [0.1, 0.15) is 12.1 Å². The van der Waals surface area contributed by atoms with Crippen LogP contribution in [0.3, 0.4) is 0 Å². The van der Waals surface area contributed by atoms with Gasteiger partial charge in [0.25, 0.3) is 0 Å². The van der Waals surface area contributed by atoms with Crippen molar-refractivity contribution in [2.75, 3.05) is 0 Å². The van der Waals surface area contributed by atoms with Gasteiger partial charge in [0, 0.05) is 17.1 Å². The summed E-state index contributed by atoms with van der Waals surface area (Å²) in [5.41, 5.74) is 7.89. The van der Waals surface area contributed by atoms with Gasteiger partial charge in [0.15, 0.2) is 0 Å². The smallest absolute Gasteiger partial charge is 0.326 e. The van der Waals surface area contributed by atoms with E-state index in [0.29, 0.717) is 12.8 Å². The van der Waals surface area contributed by atoms with Crippen molar-refractivity contribution in [3.63, 3.8) is 0 Å². The van der Waals surface area contributed by atoms with Gasteiger partial charge in [0.05, 0.1) is 6.04 Å². The summed E-state index contributed by atoms with van der Waals surface area (Å²) in [6.45, 7) is 5.10. The topological polar surface area (TPSA) is 137 Å². The minimum absolute atomic E-state index is 0.228. The number of rotatable bonds is 9. The summed E-state index contributed by atoms with van der Waals surface area (Å²) in [6, 6.07) is 4.98. The number of carbonyl (C=O) groups excluding carboxylic acids is 2. The second kappa shape index (κ2) is 9.36. The Morgan fingerprint density at radius 2 is 1.82 bits per heavy atom. The molecule has 2 aromatic rings. The number of aliphatic carboxylic acids is 1. The van der Waals surface area contributed by atoms with Gasteiger partial charge in [-0.25, -0.2) is 4.79 Å². The first-order chi connectivity index (χ1) is 13.2. The fourth-order valence-corrected chi connectivity index (χ4v) is 2.98. The van der Waals surface area contributed by atoms with E-state index in [1.165, 1.54) is 6.92 Å². The van der Waals surface area contributed by atoms with Crippen molar-refractivity contribution in [1.29, 1.82) is 0 Å². The highest BCUT2D eigenvalue weighted by Crippen LogP contribution is 2.18. The number of aromatic nitrogens is 1. The normalized spacial score (nSPS) is 15.4. The summed E-state index contributed by atoms with van der Waals surface area (Å²) < 4.78 is 0.